The van der Waals surface area contributed by atoms with Crippen molar-refractivity contribution in [3.05, 3.63) is 50.9 Å². The minimum absolute atomic E-state index is 0.0317. The van der Waals surface area contributed by atoms with Gasteiger partial charge in [0.2, 0.25) is 0 Å². The molecule has 2 aromatic rings. The number of aromatic nitrogens is 3. The van der Waals surface area contributed by atoms with Crippen molar-refractivity contribution in [2.75, 3.05) is 0 Å². The Kier molecular flexibility index (Phi) is 3.29. The monoisotopic (exact) mass is 311 g/mol. The molecule has 1 aliphatic heterocycles. The Labute approximate surface area is 123 Å². The van der Waals surface area contributed by atoms with Crippen molar-refractivity contribution < 1.29 is 14.3 Å². The zero-order chi connectivity index (χ0) is 15.1. The van der Waals surface area contributed by atoms with E-state index in [2.05, 4.69) is 5.10 Å². The van der Waals surface area contributed by atoms with Crippen LogP contribution in [0.25, 0.3) is 0 Å². The highest BCUT2D eigenvalue weighted by Gasteiger charge is 2.32. The van der Waals surface area contributed by atoms with Gasteiger partial charge in [-0.1, -0.05) is 17.7 Å². The lowest BCUT2D eigenvalue weighted by molar-refractivity contribution is -0.140. The van der Waals surface area contributed by atoms with Crippen LogP contribution in [0.1, 0.15) is 23.9 Å². The van der Waals surface area contributed by atoms with Crippen molar-refractivity contribution in [3.8, 4) is 0 Å². The third-order valence-corrected chi connectivity index (χ3v) is 3.79. The molecule has 110 valence electrons. The number of hydrogen-bond acceptors (Lipinski definition) is 3. The second-order valence-corrected chi connectivity index (χ2v) is 5.27. The summed E-state index contributed by atoms with van der Waals surface area (Å²) >= 11 is 5.69. The summed E-state index contributed by atoms with van der Waals surface area (Å²) < 4.78 is 15.5. The third-order valence-electron chi connectivity index (χ3n) is 3.50. The van der Waals surface area contributed by atoms with E-state index in [-0.39, 0.29) is 11.6 Å². The molecule has 1 aromatic heterocycles. The van der Waals surface area contributed by atoms with Crippen molar-refractivity contribution >= 4 is 17.6 Å². The first kappa shape index (κ1) is 13.8. The van der Waals surface area contributed by atoms with Gasteiger partial charge in [-0.3, -0.25) is 4.57 Å². The van der Waals surface area contributed by atoms with Gasteiger partial charge in [-0.05, 0) is 24.1 Å². The summed E-state index contributed by atoms with van der Waals surface area (Å²) in [4.78, 5) is 23.3. The van der Waals surface area contributed by atoms with Crippen LogP contribution in [0.5, 0.6) is 0 Å². The van der Waals surface area contributed by atoms with Crippen LogP contribution in [-0.4, -0.2) is 25.4 Å². The lowest BCUT2D eigenvalue weighted by Crippen LogP contribution is -2.30. The summed E-state index contributed by atoms with van der Waals surface area (Å²) in [6.45, 7) is 0.116. The SMILES string of the molecule is O=C(O)[C@@H]1CCc2nn(Cc3ccc(F)c(Cl)c3)c(=O)n21. The normalized spacial score (nSPS) is 17.0. The summed E-state index contributed by atoms with van der Waals surface area (Å²) in [5.41, 5.74) is 0.141. The number of halogens is 2. The molecule has 0 radical (unpaired) electrons. The summed E-state index contributed by atoms with van der Waals surface area (Å²) in [6.07, 6.45) is 0.819. The van der Waals surface area contributed by atoms with Crippen LogP contribution in [0.15, 0.2) is 23.0 Å². The van der Waals surface area contributed by atoms with Gasteiger partial charge in [-0.2, -0.15) is 5.10 Å². The standard InChI is InChI=1S/C13H11ClFN3O3/c14-8-5-7(1-2-9(8)15)6-17-13(21)18-10(12(19)20)3-4-11(18)16-17/h1-2,5,10H,3-4,6H2,(H,19,20)/t10-/m0/s1. The quantitative estimate of drug-likeness (QED) is 0.931. The third kappa shape index (κ3) is 2.33. The maximum Gasteiger partial charge on any atom is 0.347 e. The topological polar surface area (TPSA) is 77.1 Å². The zero-order valence-corrected chi connectivity index (χ0v) is 11.5. The minimum atomic E-state index is -1.04. The number of carboxylic acid groups (broad SMARTS) is 1. The van der Waals surface area contributed by atoms with Gasteiger partial charge in [0.15, 0.2) is 0 Å². The molecule has 3 rings (SSSR count). The van der Waals surface area contributed by atoms with E-state index in [0.717, 1.165) is 0 Å². The molecule has 8 heteroatoms. The van der Waals surface area contributed by atoms with Crippen LogP contribution in [0.4, 0.5) is 4.39 Å². The Morgan fingerprint density at radius 1 is 1.52 bits per heavy atom. The van der Waals surface area contributed by atoms with Crippen LogP contribution in [0, 0.1) is 5.82 Å². The summed E-state index contributed by atoms with van der Waals surface area (Å²) in [7, 11) is 0. The molecular weight excluding hydrogens is 301 g/mol. The largest absolute Gasteiger partial charge is 0.480 e. The van der Waals surface area contributed by atoms with Gasteiger partial charge >= 0.3 is 11.7 Å². The fourth-order valence-electron chi connectivity index (χ4n) is 2.49. The Morgan fingerprint density at radius 3 is 2.95 bits per heavy atom. The lowest BCUT2D eigenvalue weighted by Gasteiger charge is -2.05. The molecule has 0 saturated carbocycles. The molecule has 0 fully saturated rings. The molecule has 0 spiro atoms. The van der Waals surface area contributed by atoms with Crippen molar-refractivity contribution in [1.82, 2.24) is 14.3 Å². The van der Waals surface area contributed by atoms with E-state index in [1.807, 2.05) is 0 Å². The van der Waals surface area contributed by atoms with Crippen LogP contribution in [-0.2, 0) is 17.8 Å². The first-order chi connectivity index (χ1) is 9.97. The van der Waals surface area contributed by atoms with Gasteiger partial charge in [0.25, 0.3) is 0 Å². The van der Waals surface area contributed by atoms with Gasteiger partial charge in [-0.25, -0.2) is 18.7 Å². The van der Waals surface area contributed by atoms with E-state index < -0.39 is 23.5 Å². The Morgan fingerprint density at radius 2 is 2.29 bits per heavy atom. The molecule has 0 aliphatic carbocycles. The van der Waals surface area contributed by atoms with E-state index in [4.69, 9.17) is 16.7 Å². The number of aliphatic carboxylic acids is 1. The van der Waals surface area contributed by atoms with Crippen LogP contribution in [0.3, 0.4) is 0 Å². The van der Waals surface area contributed by atoms with E-state index in [9.17, 15) is 14.0 Å². The van der Waals surface area contributed by atoms with Crippen molar-refractivity contribution in [2.24, 2.45) is 0 Å². The Hall–Kier alpha value is -2.15. The molecule has 1 atom stereocenters. The maximum atomic E-state index is 13.1. The van der Waals surface area contributed by atoms with E-state index in [0.29, 0.717) is 24.2 Å². The van der Waals surface area contributed by atoms with Crippen molar-refractivity contribution in [3.63, 3.8) is 0 Å². The molecule has 0 amide bonds. The van der Waals surface area contributed by atoms with E-state index >= 15 is 0 Å². The fourth-order valence-corrected chi connectivity index (χ4v) is 2.69. The number of carboxylic acids is 1. The second kappa shape index (κ2) is 5.00. The highest BCUT2D eigenvalue weighted by Crippen LogP contribution is 2.22. The molecule has 0 bridgehead atoms. The number of fused-ring (bicyclic) bond motifs is 1. The number of benzene rings is 1. The van der Waals surface area contributed by atoms with Gasteiger partial charge in [0, 0.05) is 6.42 Å². The smallest absolute Gasteiger partial charge is 0.347 e. The molecule has 6 nitrogen and oxygen atoms in total. The first-order valence-corrected chi connectivity index (χ1v) is 6.70. The number of aryl methyl sites for hydroxylation is 1. The van der Waals surface area contributed by atoms with Crippen LogP contribution in [0.2, 0.25) is 5.02 Å². The molecule has 0 unspecified atom stereocenters. The van der Waals surface area contributed by atoms with Gasteiger partial charge in [0.05, 0.1) is 11.6 Å². The number of rotatable bonds is 3. The number of carbonyl (C=O) groups is 1. The van der Waals surface area contributed by atoms with Crippen LogP contribution >= 0.6 is 11.6 Å². The zero-order valence-electron chi connectivity index (χ0n) is 10.8. The molecular formula is C13H11ClFN3O3. The maximum absolute atomic E-state index is 13.1. The molecule has 1 aliphatic rings. The number of nitrogens with zero attached hydrogens (tertiary/aromatic N) is 3. The molecule has 0 saturated heterocycles. The predicted octanol–water partition coefficient (Wildman–Crippen LogP) is 1.46. The number of hydrogen-bond donors (Lipinski definition) is 1. The Balaban J connectivity index is 1.95. The average Bonchev–Trinajstić information content (AvgIpc) is 2.96. The van der Waals surface area contributed by atoms with Crippen molar-refractivity contribution in [1.29, 1.82) is 0 Å². The van der Waals surface area contributed by atoms with Gasteiger partial charge < -0.3 is 5.11 Å². The molecule has 2 heterocycles. The molecule has 1 aromatic carbocycles. The van der Waals surface area contributed by atoms with Gasteiger partial charge in [0.1, 0.15) is 17.7 Å². The van der Waals surface area contributed by atoms with E-state index in [1.165, 1.54) is 27.4 Å². The molecule has 21 heavy (non-hydrogen) atoms. The summed E-state index contributed by atoms with van der Waals surface area (Å²) in [5.74, 6) is -1.12. The van der Waals surface area contributed by atoms with Crippen LogP contribution < -0.4 is 5.69 Å². The summed E-state index contributed by atoms with van der Waals surface area (Å²) in [5, 5.41) is 13.2. The van der Waals surface area contributed by atoms with E-state index in [1.54, 1.807) is 0 Å². The first-order valence-electron chi connectivity index (χ1n) is 6.32. The highest BCUT2D eigenvalue weighted by molar-refractivity contribution is 6.30. The van der Waals surface area contributed by atoms with Gasteiger partial charge in [-0.15, -0.1) is 0 Å². The van der Waals surface area contributed by atoms with Crippen molar-refractivity contribution in [2.45, 2.75) is 25.4 Å². The second-order valence-electron chi connectivity index (χ2n) is 4.87. The Bertz CT molecular complexity index is 783. The molecule has 1 N–H and O–H groups in total. The highest BCUT2D eigenvalue weighted by atomic mass is 35.5. The fraction of sp³-hybridized carbons (Fsp3) is 0.308. The lowest BCUT2D eigenvalue weighted by atomic mass is 10.2. The minimum Gasteiger partial charge on any atom is -0.480 e. The summed E-state index contributed by atoms with van der Waals surface area (Å²) in [6, 6.07) is 3.28. The average molecular weight is 312 g/mol. The predicted molar refractivity (Wildman–Crippen MR) is 72.0 cm³/mol.